The minimum absolute atomic E-state index is 0.00895. The van der Waals surface area contributed by atoms with Gasteiger partial charge in [0, 0.05) is 17.7 Å². The standard InChI is InChI=1S/C16H11BrN2O4/c17-9-14-15(16(21)10-5-7-11(20)8-6-10)19(23)13-4-2-1-3-12(13)18(14)22/h1-8,20H,9H2. The van der Waals surface area contributed by atoms with Crippen molar-refractivity contribution in [1.29, 1.82) is 0 Å². The van der Waals surface area contributed by atoms with Gasteiger partial charge in [0.15, 0.2) is 0 Å². The summed E-state index contributed by atoms with van der Waals surface area (Å²) in [7, 11) is 0. The van der Waals surface area contributed by atoms with Gasteiger partial charge >= 0.3 is 5.69 Å². The monoisotopic (exact) mass is 374 g/mol. The highest BCUT2D eigenvalue weighted by molar-refractivity contribution is 9.08. The lowest BCUT2D eigenvalue weighted by Gasteiger charge is -2.11. The molecule has 7 heteroatoms. The van der Waals surface area contributed by atoms with Crippen LogP contribution in [0.3, 0.4) is 0 Å². The van der Waals surface area contributed by atoms with E-state index >= 15 is 0 Å². The Kier molecular flexibility index (Phi) is 3.87. The van der Waals surface area contributed by atoms with E-state index in [9.17, 15) is 20.3 Å². The molecule has 0 saturated carbocycles. The van der Waals surface area contributed by atoms with Crippen molar-refractivity contribution in [2.45, 2.75) is 5.33 Å². The maximum absolute atomic E-state index is 12.7. The van der Waals surface area contributed by atoms with Crippen LogP contribution < -0.4 is 9.46 Å². The van der Waals surface area contributed by atoms with Crippen LogP contribution in [-0.4, -0.2) is 10.9 Å². The van der Waals surface area contributed by atoms with E-state index in [1.54, 1.807) is 12.1 Å². The van der Waals surface area contributed by atoms with Crippen molar-refractivity contribution in [3.63, 3.8) is 0 Å². The molecule has 0 spiro atoms. The highest BCUT2D eigenvalue weighted by atomic mass is 79.9. The Morgan fingerprint density at radius 3 is 2.13 bits per heavy atom. The summed E-state index contributed by atoms with van der Waals surface area (Å²) in [4.78, 5) is 12.7. The van der Waals surface area contributed by atoms with Crippen LogP contribution in [0.25, 0.3) is 11.0 Å². The SMILES string of the molecule is O=C(c1ccc(O)cc1)c1c(CBr)[n+]([O-])c2ccccc2[n+]1[O-]. The molecular formula is C16H11BrN2O4. The van der Waals surface area contributed by atoms with Crippen molar-refractivity contribution < 1.29 is 19.4 Å². The first-order valence-corrected chi connectivity index (χ1v) is 7.83. The highest BCUT2D eigenvalue weighted by Crippen LogP contribution is 2.17. The minimum Gasteiger partial charge on any atom is -0.618 e. The summed E-state index contributed by atoms with van der Waals surface area (Å²) >= 11 is 3.17. The second kappa shape index (κ2) is 5.85. The topological polar surface area (TPSA) is 91.2 Å². The zero-order valence-electron chi connectivity index (χ0n) is 11.8. The summed E-state index contributed by atoms with van der Waals surface area (Å²) in [5.41, 5.74) is 0.330. The molecule has 0 saturated heterocycles. The molecule has 0 atom stereocenters. The number of halogens is 1. The first-order valence-electron chi connectivity index (χ1n) is 6.71. The predicted octanol–water partition coefficient (Wildman–Crippen LogP) is 1.94. The van der Waals surface area contributed by atoms with E-state index in [-0.39, 0.29) is 39.1 Å². The van der Waals surface area contributed by atoms with Gasteiger partial charge in [-0.05, 0) is 24.3 Å². The molecule has 1 aromatic heterocycles. The van der Waals surface area contributed by atoms with Crippen molar-refractivity contribution in [1.82, 2.24) is 0 Å². The molecule has 3 rings (SSSR count). The van der Waals surface area contributed by atoms with Gasteiger partial charge < -0.3 is 15.5 Å². The second-order valence-corrected chi connectivity index (χ2v) is 5.44. The number of rotatable bonds is 3. The third-order valence-corrected chi connectivity index (χ3v) is 4.04. The average Bonchev–Trinajstić information content (AvgIpc) is 2.58. The number of carbonyl (C=O) groups excluding carboxylic acids is 1. The van der Waals surface area contributed by atoms with Crippen LogP contribution in [0.1, 0.15) is 21.7 Å². The van der Waals surface area contributed by atoms with Crippen LogP contribution in [0.5, 0.6) is 5.75 Å². The number of ketones is 1. The van der Waals surface area contributed by atoms with E-state index < -0.39 is 5.78 Å². The number of hydrogen-bond donors (Lipinski definition) is 1. The number of fused-ring (bicyclic) bond motifs is 1. The first-order chi connectivity index (χ1) is 11.0. The van der Waals surface area contributed by atoms with E-state index in [0.29, 0.717) is 9.46 Å². The van der Waals surface area contributed by atoms with E-state index in [1.165, 1.54) is 36.4 Å². The molecule has 1 N–H and O–H groups in total. The van der Waals surface area contributed by atoms with Gasteiger partial charge in [-0.3, -0.25) is 4.79 Å². The van der Waals surface area contributed by atoms with E-state index in [4.69, 9.17) is 0 Å². The van der Waals surface area contributed by atoms with Gasteiger partial charge in [0.2, 0.25) is 0 Å². The Labute approximate surface area is 139 Å². The van der Waals surface area contributed by atoms with Crippen molar-refractivity contribution in [3.8, 4) is 5.75 Å². The van der Waals surface area contributed by atoms with Crippen LogP contribution >= 0.6 is 15.9 Å². The van der Waals surface area contributed by atoms with Crippen LogP contribution in [-0.2, 0) is 5.33 Å². The highest BCUT2D eigenvalue weighted by Gasteiger charge is 2.33. The molecule has 0 fully saturated rings. The fourth-order valence-electron chi connectivity index (χ4n) is 2.38. The molecule has 0 aliphatic rings. The van der Waals surface area contributed by atoms with E-state index in [2.05, 4.69) is 15.9 Å². The maximum atomic E-state index is 12.7. The Morgan fingerprint density at radius 1 is 1.00 bits per heavy atom. The normalized spacial score (nSPS) is 10.8. The largest absolute Gasteiger partial charge is 0.618 e. The summed E-state index contributed by atoms with van der Waals surface area (Å²) in [5, 5.41) is 34.4. The third kappa shape index (κ3) is 2.49. The number of carbonyl (C=O) groups is 1. The number of phenolic OH excluding ortho intramolecular Hbond substituents is 1. The number of benzene rings is 2. The van der Waals surface area contributed by atoms with Gasteiger partial charge in [-0.15, -0.1) is 0 Å². The fourth-order valence-corrected chi connectivity index (χ4v) is 2.87. The maximum Gasteiger partial charge on any atom is 0.335 e. The van der Waals surface area contributed by atoms with Crippen LogP contribution in [0, 0.1) is 10.4 Å². The second-order valence-electron chi connectivity index (χ2n) is 4.88. The molecule has 0 bridgehead atoms. The smallest absolute Gasteiger partial charge is 0.335 e. The molecule has 0 amide bonds. The lowest BCUT2D eigenvalue weighted by atomic mass is 10.1. The molecule has 1 heterocycles. The van der Waals surface area contributed by atoms with Crippen molar-refractivity contribution in [2.24, 2.45) is 0 Å². The minimum atomic E-state index is -0.579. The van der Waals surface area contributed by atoms with Crippen LogP contribution in [0.15, 0.2) is 48.5 Å². The number of aromatic nitrogens is 2. The Bertz CT molecular complexity index is 910. The molecule has 0 aliphatic heterocycles. The van der Waals surface area contributed by atoms with Gasteiger partial charge in [0.25, 0.3) is 22.5 Å². The van der Waals surface area contributed by atoms with E-state index in [0.717, 1.165) is 0 Å². The fraction of sp³-hybridized carbons (Fsp3) is 0.0625. The predicted molar refractivity (Wildman–Crippen MR) is 86.0 cm³/mol. The van der Waals surface area contributed by atoms with Gasteiger partial charge in [-0.1, -0.05) is 28.1 Å². The number of phenols is 1. The third-order valence-electron chi connectivity index (χ3n) is 3.51. The van der Waals surface area contributed by atoms with Crippen molar-refractivity contribution >= 4 is 32.7 Å². The summed E-state index contributed by atoms with van der Waals surface area (Å²) in [6, 6.07) is 11.8. The molecule has 6 nitrogen and oxygen atoms in total. The molecular weight excluding hydrogens is 364 g/mol. The van der Waals surface area contributed by atoms with Crippen LogP contribution in [0.4, 0.5) is 0 Å². The number of nitrogens with zero attached hydrogens (tertiary/aromatic N) is 2. The molecule has 116 valence electrons. The van der Waals surface area contributed by atoms with Gasteiger partial charge in [-0.2, -0.15) is 9.46 Å². The average molecular weight is 375 g/mol. The zero-order chi connectivity index (χ0) is 16.6. The van der Waals surface area contributed by atoms with Crippen LogP contribution in [0.2, 0.25) is 0 Å². The summed E-state index contributed by atoms with van der Waals surface area (Å²) < 4.78 is 1.07. The molecule has 23 heavy (non-hydrogen) atoms. The number of para-hydroxylation sites is 2. The molecule has 0 aliphatic carbocycles. The molecule has 3 aromatic rings. The number of hydrogen-bond acceptors (Lipinski definition) is 4. The lowest BCUT2D eigenvalue weighted by molar-refractivity contribution is -0.635. The summed E-state index contributed by atoms with van der Waals surface area (Å²) in [5.74, 6) is -0.570. The molecule has 0 radical (unpaired) electrons. The Hall–Kier alpha value is -2.67. The molecule has 2 aromatic carbocycles. The van der Waals surface area contributed by atoms with E-state index in [1.807, 2.05) is 0 Å². The summed E-state index contributed by atoms with van der Waals surface area (Å²) in [6.45, 7) is 0. The number of aromatic hydroxyl groups is 1. The lowest BCUT2D eigenvalue weighted by Crippen LogP contribution is -2.47. The van der Waals surface area contributed by atoms with Crippen molar-refractivity contribution in [3.05, 3.63) is 75.9 Å². The Balaban J connectivity index is 2.29. The van der Waals surface area contributed by atoms with Gasteiger partial charge in [-0.25, -0.2) is 0 Å². The zero-order valence-corrected chi connectivity index (χ0v) is 13.4. The Morgan fingerprint density at radius 2 is 1.57 bits per heavy atom. The van der Waals surface area contributed by atoms with Gasteiger partial charge in [0.05, 0.1) is 5.33 Å². The number of alkyl halides is 1. The molecule has 0 unspecified atom stereocenters. The van der Waals surface area contributed by atoms with Gasteiger partial charge in [0.1, 0.15) is 5.75 Å². The quantitative estimate of drug-likeness (QED) is 0.328. The first kappa shape index (κ1) is 15.2. The summed E-state index contributed by atoms with van der Waals surface area (Å²) in [6.07, 6.45) is 0. The van der Waals surface area contributed by atoms with Crippen molar-refractivity contribution in [2.75, 3.05) is 0 Å².